The smallest absolute Gasteiger partial charge is 0.410 e. The Morgan fingerprint density at radius 3 is 2.35 bits per heavy atom. The molecule has 2 aromatic heterocycles. The van der Waals surface area contributed by atoms with Crippen LogP contribution in [-0.2, 0) is 79.4 Å². The molecule has 0 radical (unpaired) electrons. The molecule has 3 aliphatic rings. The fraction of sp³-hybridized carbons (Fsp3) is 0.509. The number of amides is 4. The molecule has 8 N–H and O–H groups in total. The maximum atomic E-state index is 14.0. The third-order valence-electron chi connectivity index (χ3n) is 13.8. The lowest BCUT2D eigenvalue weighted by atomic mass is 9.86. The summed E-state index contributed by atoms with van der Waals surface area (Å²) in [5, 5.41) is 61.5. The number of pyridine rings is 2. The number of cyclic esters (lactones) is 1. The van der Waals surface area contributed by atoms with Crippen LogP contribution in [0.2, 0.25) is 0 Å². The summed E-state index contributed by atoms with van der Waals surface area (Å²) in [7, 11) is 1.52. The van der Waals surface area contributed by atoms with E-state index in [4.69, 9.17) is 33.4 Å². The van der Waals surface area contributed by atoms with Crippen molar-refractivity contribution in [1.82, 2.24) is 25.1 Å². The summed E-state index contributed by atoms with van der Waals surface area (Å²) < 4.78 is 34.2. The van der Waals surface area contributed by atoms with Crippen LogP contribution in [0.1, 0.15) is 82.2 Å². The molecule has 24 nitrogen and oxygen atoms in total. The minimum absolute atomic E-state index is 0.0179. The van der Waals surface area contributed by atoms with Gasteiger partial charge in [-0.1, -0.05) is 45.0 Å². The predicted octanol–water partition coefficient (Wildman–Crippen LogP) is 1.58. The molecule has 77 heavy (non-hydrogen) atoms. The highest BCUT2D eigenvalue weighted by Gasteiger charge is 2.49. The molecule has 3 aliphatic heterocycles. The van der Waals surface area contributed by atoms with E-state index in [0.717, 1.165) is 16.5 Å². The second-order valence-corrected chi connectivity index (χ2v) is 19.7. The van der Waals surface area contributed by atoms with Gasteiger partial charge in [0.15, 0.2) is 11.7 Å². The molecule has 1 fully saturated rings. The van der Waals surface area contributed by atoms with E-state index in [2.05, 4.69) is 16.0 Å². The lowest BCUT2D eigenvalue weighted by Crippen LogP contribution is -2.61. The summed E-state index contributed by atoms with van der Waals surface area (Å²) in [6.07, 6.45) is -10.5. The number of fused-ring (bicyclic) bond motifs is 5. The van der Waals surface area contributed by atoms with Gasteiger partial charge in [0.2, 0.25) is 24.0 Å². The van der Waals surface area contributed by atoms with Crippen LogP contribution in [0.4, 0.5) is 10.5 Å². The lowest BCUT2D eigenvalue weighted by Gasteiger charge is -2.38. The summed E-state index contributed by atoms with van der Waals surface area (Å²) in [4.78, 5) is 99.0. The maximum absolute atomic E-state index is 14.0. The number of nitrogens with one attached hydrogen (secondary N) is 3. The van der Waals surface area contributed by atoms with Gasteiger partial charge in [-0.15, -0.1) is 0 Å². The number of carbonyl (C=O) groups is 6. The normalized spacial score (nSPS) is 21.3. The number of para-hydroxylation sites is 1. The molecule has 0 unspecified atom stereocenters. The minimum Gasteiger partial charge on any atom is -0.479 e. The zero-order chi connectivity index (χ0) is 56.0. The fourth-order valence-electron chi connectivity index (χ4n) is 9.35. The molecule has 2 aromatic carbocycles. The lowest BCUT2D eigenvalue weighted by molar-refractivity contribution is -0.271. The largest absolute Gasteiger partial charge is 0.479 e. The molecule has 7 rings (SSSR count). The van der Waals surface area contributed by atoms with Gasteiger partial charge < -0.3 is 79.4 Å². The molecule has 0 saturated carbocycles. The molecule has 0 aliphatic carbocycles. The average Bonchev–Trinajstić information content (AvgIpc) is 3.89. The highest BCUT2D eigenvalue weighted by Crippen LogP contribution is 2.41. The van der Waals surface area contributed by atoms with Crippen LogP contribution in [0.3, 0.4) is 0 Å². The Morgan fingerprint density at radius 2 is 1.66 bits per heavy atom. The van der Waals surface area contributed by atoms with E-state index in [1.807, 2.05) is 24.3 Å². The zero-order valence-electron chi connectivity index (χ0n) is 43.8. The second-order valence-electron chi connectivity index (χ2n) is 19.7. The van der Waals surface area contributed by atoms with Crippen LogP contribution < -0.4 is 26.2 Å². The Labute approximate surface area is 442 Å². The van der Waals surface area contributed by atoms with Crippen molar-refractivity contribution in [3.8, 4) is 17.1 Å². The van der Waals surface area contributed by atoms with Crippen molar-refractivity contribution in [3.63, 3.8) is 0 Å². The van der Waals surface area contributed by atoms with Crippen LogP contribution in [0.5, 0.6) is 5.75 Å². The number of rotatable bonds is 22. The number of carboxylic acid groups (broad SMARTS) is 1. The van der Waals surface area contributed by atoms with Gasteiger partial charge in [-0.05, 0) is 74.9 Å². The van der Waals surface area contributed by atoms with Crippen molar-refractivity contribution in [2.75, 3.05) is 38.8 Å². The molecule has 8 atom stereocenters. The van der Waals surface area contributed by atoms with Gasteiger partial charge in [-0.25, -0.2) is 19.4 Å². The second kappa shape index (κ2) is 24.5. The number of hydrogen-bond donors (Lipinski definition) is 8. The first kappa shape index (κ1) is 57.6. The van der Waals surface area contributed by atoms with E-state index in [0.29, 0.717) is 23.5 Å². The summed E-state index contributed by atoms with van der Waals surface area (Å²) in [5.41, 5.74) is 1.20. The number of carbonyl (C=O) groups excluding carboxylic acids is 5. The number of nitrogens with zero attached hydrogens (tertiary/aromatic N) is 3. The van der Waals surface area contributed by atoms with E-state index in [1.54, 1.807) is 45.3 Å². The van der Waals surface area contributed by atoms with E-state index in [-0.39, 0.29) is 92.8 Å². The Kier molecular flexibility index (Phi) is 18.3. The van der Waals surface area contributed by atoms with Crippen molar-refractivity contribution in [1.29, 1.82) is 0 Å². The first-order chi connectivity index (χ1) is 36.6. The summed E-state index contributed by atoms with van der Waals surface area (Å²) in [5.74, 6) is -5.05. The first-order valence-electron chi connectivity index (χ1n) is 25.3. The van der Waals surface area contributed by atoms with Gasteiger partial charge in [0.05, 0.1) is 54.5 Å². The molecule has 1 saturated heterocycles. The monoisotopic (exact) mass is 1070 g/mol. The summed E-state index contributed by atoms with van der Waals surface area (Å²) in [6.45, 7) is 10.3. The van der Waals surface area contributed by atoms with Crippen molar-refractivity contribution < 1.29 is 82.7 Å². The van der Waals surface area contributed by atoms with E-state index >= 15 is 0 Å². The Hall–Kier alpha value is -7.06. The third-order valence-corrected chi connectivity index (χ3v) is 13.8. The number of benzene rings is 2. The topological polar surface area (TPSA) is 333 Å². The Balaban J connectivity index is 1.09. The van der Waals surface area contributed by atoms with Crippen molar-refractivity contribution in [2.24, 2.45) is 5.92 Å². The standard InChI is InChI=1S/C53H66N6O18/c1-8-53(71)34-22-37-41-32(23-59(37)48(66)33(34)25-74-51(53)69)30(31-11-9-10-12-35(31)55-41)15-17-58(27(4)5)52(70)75-24-29-13-14-36(38(21-29)76-50-44(63)42(61)43(62)45(77-50)49(67)68)56-46(64)28(6)54-47(65)40(26(2)3)57-39(60)16-18-73-20-19-72-7/h9-14,21-22,26-28,40,42-45,50,61-63,71H,8,15-20,23-25H2,1-7H3,(H,54,65)(H,56,64)(H,57,60)(H,67,68)/t28-,40-,42-,43-,44+,45-,50+,53-/m0/s1. The number of hydrogen-bond acceptors (Lipinski definition) is 18. The molecule has 0 bridgehead atoms. The minimum atomic E-state index is -2.04. The van der Waals surface area contributed by atoms with Gasteiger partial charge in [0.25, 0.3) is 5.56 Å². The number of ether oxygens (including phenoxy) is 6. The Morgan fingerprint density at radius 1 is 0.922 bits per heavy atom. The van der Waals surface area contributed by atoms with Gasteiger partial charge in [0, 0.05) is 42.6 Å². The maximum Gasteiger partial charge on any atom is 0.410 e. The predicted molar refractivity (Wildman–Crippen MR) is 272 cm³/mol. The van der Waals surface area contributed by atoms with E-state index in [1.165, 1.54) is 37.1 Å². The quantitative estimate of drug-likeness (QED) is 0.0360. The van der Waals surface area contributed by atoms with E-state index < -0.39 is 95.7 Å². The van der Waals surface area contributed by atoms with Crippen LogP contribution in [0.15, 0.2) is 53.3 Å². The van der Waals surface area contributed by atoms with Gasteiger partial charge in [-0.3, -0.25) is 19.2 Å². The first-order valence-corrected chi connectivity index (χ1v) is 25.3. The van der Waals surface area contributed by atoms with Crippen LogP contribution >= 0.6 is 0 Å². The van der Waals surface area contributed by atoms with E-state index in [9.17, 15) is 59.1 Å². The van der Waals surface area contributed by atoms with Crippen molar-refractivity contribution in [2.45, 2.75) is 135 Å². The molecular formula is C53H66N6O18. The highest BCUT2D eigenvalue weighted by atomic mass is 16.7. The average molecular weight is 1080 g/mol. The molecule has 416 valence electrons. The van der Waals surface area contributed by atoms with Crippen molar-refractivity contribution >= 4 is 52.3 Å². The Bertz CT molecular complexity index is 2950. The van der Waals surface area contributed by atoms with Gasteiger partial charge in [-0.2, -0.15) is 0 Å². The molecule has 0 spiro atoms. The van der Waals surface area contributed by atoms with Crippen LogP contribution in [0.25, 0.3) is 22.3 Å². The number of anilines is 1. The fourth-order valence-corrected chi connectivity index (χ4v) is 9.35. The number of esters is 1. The number of carboxylic acids is 1. The molecule has 4 amide bonds. The molecule has 24 heteroatoms. The van der Waals surface area contributed by atoms with Gasteiger partial charge in [0.1, 0.15) is 49.4 Å². The molecular weight excluding hydrogens is 1010 g/mol. The third kappa shape index (κ3) is 12.4. The number of methoxy groups -OCH3 is 1. The van der Waals surface area contributed by atoms with Crippen LogP contribution in [0, 0.1) is 5.92 Å². The summed E-state index contributed by atoms with van der Waals surface area (Å²) in [6, 6.07) is 10.5. The van der Waals surface area contributed by atoms with Crippen molar-refractivity contribution in [3.05, 3.63) is 86.7 Å². The highest BCUT2D eigenvalue weighted by molar-refractivity contribution is 5.99. The zero-order valence-corrected chi connectivity index (χ0v) is 43.8. The van der Waals surface area contributed by atoms with Gasteiger partial charge >= 0.3 is 18.0 Å². The number of aliphatic hydroxyl groups excluding tert-OH is 3. The number of aliphatic carboxylic acids is 1. The molecule has 4 aromatic rings. The number of aromatic nitrogens is 2. The molecule has 5 heterocycles. The summed E-state index contributed by atoms with van der Waals surface area (Å²) >= 11 is 0. The SMILES string of the molecule is CC[C@@]1(O)C(=O)OCc2c1cc1n(c2=O)Cc2c-1nc1ccccc1c2CCN(C(=O)OCc1ccc(NC(=O)[C@H](C)NC(=O)[C@@H](NC(=O)CCOCCOC)C(C)C)c(O[C@@H]2O[C@H](C(=O)O)[C@@H](O)[C@H](O)[C@H]2O)c1)C(C)C. The van der Waals surface area contributed by atoms with Crippen LogP contribution in [-0.4, -0.2) is 158 Å². The number of aliphatic hydroxyl groups is 4.